The number of carbonyl (C=O) groups excluding carboxylic acids is 2. The van der Waals surface area contributed by atoms with Gasteiger partial charge in [0.1, 0.15) is 5.75 Å². The SMILES string of the molecule is COc1ccc(-n2ccc(CNC(=O)C3CC(=O)N(Cc4ccc(C)cc4)C3)n2)cc1. The minimum absolute atomic E-state index is 0.0181. The van der Waals surface area contributed by atoms with Crippen molar-refractivity contribution in [2.45, 2.75) is 26.4 Å². The van der Waals surface area contributed by atoms with Gasteiger partial charge < -0.3 is 15.0 Å². The molecule has 2 aromatic carbocycles. The van der Waals surface area contributed by atoms with Crippen LogP contribution in [-0.2, 0) is 22.7 Å². The van der Waals surface area contributed by atoms with Gasteiger partial charge in [-0.1, -0.05) is 29.8 Å². The third kappa shape index (κ3) is 4.94. The van der Waals surface area contributed by atoms with E-state index in [1.807, 2.05) is 67.7 Å². The third-order valence-electron chi connectivity index (χ3n) is 5.50. The summed E-state index contributed by atoms with van der Waals surface area (Å²) in [4.78, 5) is 26.7. The number of benzene rings is 2. The van der Waals surface area contributed by atoms with Gasteiger partial charge in [-0.2, -0.15) is 5.10 Å². The van der Waals surface area contributed by atoms with Crippen molar-refractivity contribution in [1.29, 1.82) is 0 Å². The first-order chi connectivity index (χ1) is 15.0. The Balaban J connectivity index is 1.30. The maximum atomic E-state index is 12.6. The molecule has 2 heterocycles. The summed E-state index contributed by atoms with van der Waals surface area (Å²) in [6, 6.07) is 17.6. The number of hydrogen-bond donors (Lipinski definition) is 1. The number of aryl methyl sites for hydroxylation is 1. The Morgan fingerprint density at radius 2 is 1.87 bits per heavy atom. The molecule has 1 N–H and O–H groups in total. The Kier molecular flexibility index (Phi) is 6.02. The van der Waals surface area contributed by atoms with Crippen molar-refractivity contribution in [2.75, 3.05) is 13.7 Å². The van der Waals surface area contributed by atoms with Crippen LogP contribution in [0.4, 0.5) is 0 Å². The van der Waals surface area contributed by atoms with Crippen LogP contribution in [0.5, 0.6) is 5.75 Å². The summed E-state index contributed by atoms with van der Waals surface area (Å²) >= 11 is 0. The second kappa shape index (κ2) is 9.04. The predicted octanol–water partition coefficient (Wildman–Crippen LogP) is 2.85. The van der Waals surface area contributed by atoms with Crippen LogP contribution < -0.4 is 10.1 Å². The summed E-state index contributed by atoms with van der Waals surface area (Å²) in [6.45, 7) is 3.34. The number of methoxy groups -OCH3 is 1. The highest BCUT2D eigenvalue weighted by molar-refractivity contribution is 5.89. The molecule has 0 spiro atoms. The van der Waals surface area contributed by atoms with Gasteiger partial charge in [-0.3, -0.25) is 9.59 Å². The Bertz CT molecular complexity index is 1060. The highest BCUT2D eigenvalue weighted by atomic mass is 16.5. The number of ether oxygens (including phenoxy) is 1. The van der Waals surface area contributed by atoms with Crippen LogP contribution in [-0.4, -0.2) is 40.1 Å². The van der Waals surface area contributed by atoms with E-state index in [2.05, 4.69) is 10.4 Å². The Labute approximate surface area is 181 Å². The zero-order valence-electron chi connectivity index (χ0n) is 17.7. The number of hydrogen-bond acceptors (Lipinski definition) is 4. The van der Waals surface area contributed by atoms with Crippen molar-refractivity contribution in [1.82, 2.24) is 20.0 Å². The van der Waals surface area contributed by atoms with Crippen molar-refractivity contribution in [2.24, 2.45) is 5.92 Å². The zero-order valence-corrected chi connectivity index (χ0v) is 17.7. The van der Waals surface area contributed by atoms with E-state index in [0.29, 0.717) is 19.6 Å². The summed E-state index contributed by atoms with van der Waals surface area (Å²) in [7, 11) is 1.63. The number of nitrogens with one attached hydrogen (secondary N) is 1. The molecule has 1 atom stereocenters. The van der Waals surface area contributed by atoms with Crippen molar-refractivity contribution in [3.8, 4) is 11.4 Å². The monoisotopic (exact) mass is 418 g/mol. The third-order valence-corrected chi connectivity index (χ3v) is 5.50. The number of amides is 2. The number of rotatable bonds is 7. The maximum Gasteiger partial charge on any atom is 0.225 e. The molecule has 160 valence electrons. The summed E-state index contributed by atoms with van der Waals surface area (Å²) < 4.78 is 6.93. The molecule has 4 rings (SSSR count). The molecule has 3 aromatic rings. The van der Waals surface area contributed by atoms with E-state index in [4.69, 9.17) is 4.74 Å². The lowest BCUT2D eigenvalue weighted by molar-refractivity contribution is -0.129. The zero-order chi connectivity index (χ0) is 21.8. The maximum absolute atomic E-state index is 12.6. The lowest BCUT2D eigenvalue weighted by Gasteiger charge is -2.16. The average molecular weight is 418 g/mol. The minimum atomic E-state index is -0.332. The fourth-order valence-electron chi connectivity index (χ4n) is 3.67. The van der Waals surface area contributed by atoms with E-state index in [9.17, 15) is 9.59 Å². The molecule has 0 radical (unpaired) electrons. The molecule has 1 aliphatic rings. The van der Waals surface area contributed by atoms with Gasteiger partial charge in [0.25, 0.3) is 0 Å². The molecular formula is C24H26N4O3. The molecule has 31 heavy (non-hydrogen) atoms. The molecule has 7 nitrogen and oxygen atoms in total. The van der Waals surface area contributed by atoms with Crippen LogP contribution in [0.25, 0.3) is 5.69 Å². The molecule has 2 amide bonds. The fraction of sp³-hybridized carbons (Fsp3) is 0.292. The second-order valence-electron chi connectivity index (χ2n) is 7.83. The van der Waals surface area contributed by atoms with Gasteiger partial charge in [0.15, 0.2) is 0 Å². The first-order valence-corrected chi connectivity index (χ1v) is 10.3. The number of nitrogens with zero attached hydrogens (tertiary/aromatic N) is 3. The molecule has 1 aliphatic heterocycles. The molecule has 7 heteroatoms. The van der Waals surface area contributed by atoms with Crippen LogP contribution in [0.15, 0.2) is 60.8 Å². The van der Waals surface area contributed by atoms with Gasteiger partial charge in [0.05, 0.1) is 31.0 Å². The summed E-state index contributed by atoms with van der Waals surface area (Å²) in [5, 5.41) is 7.43. The van der Waals surface area contributed by atoms with Crippen LogP contribution >= 0.6 is 0 Å². The summed E-state index contributed by atoms with van der Waals surface area (Å²) in [5.74, 6) is 0.357. The van der Waals surface area contributed by atoms with Gasteiger partial charge >= 0.3 is 0 Å². The number of aromatic nitrogens is 2. The van der Waals surface area contributed by atoms with Crippen molar-refractivity contribution < 1.29 is 14.3 Å². The van der Waals surface area contributed by atoms with E-state index >= 15 is 0 Å². The quantitative estimate of drug-likeness (QED) is 0.640. The molecule has 1 fully saturated rings. The number of carbonyl (C=O) groups is 2. The molecule has 0 bridgehead atoms. The molecule has 0 aliphatic carbocycles. The number of likely N-dealkylation sites (tertiary alicyclic amines) is 1. The van der Waals surface area contributed by atoms with Gasteiger partial charge in [-0.25, -0.2) is 4.68 Å². The summed E-state index contributed by atoms with van der Waals surface area (Å²) in [6.07, 6.45) is 2.10. The van der Waals surface area contributed by atoms with Gasteiger partial charge in [0.2, 0.25) is 11.8 Å². The fourth-order valence-corrected chi connectivity index (χ4v) is 3.67. The van der Waals surface area contributed by atoms with E-state index in [1.165, 1.54) is 5.56 Å². The Morgan fingerprint density at radius 1 is 1.13 bits per heavy atom. The minimum Gasteiger partial charge on any atom is -0.497 e. The van der Waals surface area contributed by atoms with Crippen molar-refractivity contribution >= 4 is 11.8 Å². The molecule has 1 saturated heterocycles. The predicted molar refractivity (Wildman–Crippen MR) is 117 cm³/mol. The lowest BCUT2D eigenvalue weighted by Crippen LogP contribution is -2.32. The lowest BCUT2D eigenvalue weighted by atomic mass is 10.1. The highest BCUT2D eigenvalue weighted by Gasteiger charge is 2.34. The molecule has 0 saturated carbocycles. The largest absolute Gasteiger partial charge is 0.497 e. The van der Waals surface area contributed by atoms with E-state index in [0.717, 1.165) is 22.7 Å². The Morgan fingerprint density at radius 3 is 2.58 bits per heavy atom. The van der Waals surface area contributed by atoms with E-state index in [1.54, 1.807) is 16.7 Å². The van der Waals surface area contributed by atoms with Crippen LogP contribution in [0.2, 0.25) is 0 Å². The smallest absolute Gasteiger partial charge is 0.225 e. The Hall–Kier alpha value is -3.61. The van der Waals surface area contributed by atoms with Gasteiger partial charge in [-0.05, 0) is 42.8 Å². The normalized spacial score (nSPS) is 15.9. The van der Waals surface area contributed by atoms with Gasteiger partial charge in [0, 0.05) is 25.7 Å². The molecule has 1 aromatic heterocycles. The molecule has 1 unspecified atom stereocenters. The van der Waals surface area contributed by atoms with Crippen LogP contribution in [0.1, 0.15) is 23.2 Å². The second-order valence-corrected chi connectivity index (χ2v) is 7.83. The highest BCUT2D eigenvalue weighted by Crippen LogP contribution is 2.21. The average Bonchev–Trinajstić information content (AvgIpc) is 3.41. The van der Waals surface area contributed by atoms with Gasteiger partial charge in [-0.15, -0.1) is 0 Å². The topological polar surface area (TPSA) is 76.5 Å². The summed E-state index contributed by atoms with van der Waals surface area (Å²) in [5.41, 5.74) is 3.92. The molecular weight excluding hydrogens is 392 g/mol. The van der Waals surface area contributed by atoms with Crippen molar-refractivity contribution in [3.63, 3.8) is 0 Å². The first-order valence-electron chi connectivity index (χ1n) is 10.3. The van der Waals surface area contributed by atoms with Crippen LogP contribution in [0.3, 0.4) is 0 Å². The van der Waals surface area contributed by atoms with E-state index < -0.39 is 0 Å². The van der Waals surface area contributed by atoms with Crippen LogP contribution in [0, 0.1) is 12.8 Å². The first kappa shape index (κ1) is 20.7. The standard InChI is InChI=1S/C24H26N4O3/c1-17-3-5-18(6-4-17)15-27-16-19(13-23(27)29)24(30)25-14-20-11-12-28(26-20)21-7-9-22(31-2)10-8-21/h3-12,19H,13-16H2,1-2H3,(H,25,30). The van der Waals surface area contributed by atoms with E-state index in [-0.39, 0.29) is 24.2 Å². The van der Waals surface area contributed by atoms with Crippen molar-refractivity contribution in [3.05, 3.63) is 77.6 Å².